The van der Waals surface area contributed by atoms with Crippen LogP contribution < -0.4 is 0 Å². The Morgan fingerprint density at radius 3 is 1.00 bits per heavy atom. The Morgan fingerprint density at radius 2 is 1.00 bits per heavy atom. The summed E-state index contributed by atoms with van der Waals surface area (Å²) in [5.41, 5.74) is 0. The summed E-state index contributed by atoms with van der Waals surface area (Å²) in [5.74, 6) is 0. The van der Waals surface area contributed by atoms with Crippen LogP contribution in [0.15, 0.2) is 0 Å². The van der Waals surface area contributed by atoms with Gasteiger partial charge in [0.2, 0.25) is 0 Å². The first-order chi connectivity index (χ1) is 1.73. The zero-order chi connectivity index (χ0) is 3.58. The van der Waals surface area contributed by atoms with Crippen molar-refractivity contribution in [1.82, 2.24) is 4.90 Å². The molecule has 0 aliphatic heterocycles. The van der Waals surface area contributed by atoms with Crippen LogP contribution in [0.3, 0.4) is 0 Å². The van der Waals surface area contributed by atoms with Crippen molar-refractivity contribution in [3.8, 4) is 0 Å². The summed E-state index contributed by atoms with van der Waals surface area (Å²) in [7, 11) is 6.00. The molecule has 0 N–H and O–H groups in total. The average molecular weight is 174 g/mol. The average Bonchev–Trinajstić information content (AvgIpc) is 0.811. The summed E-state index contributed by atoms with van der Waals surface area (Å²) in [5, 5.41) is 0. The van der Waals surface area contributed by atoms with E-state index in [1.165, 1.54) is 0 Å². The molecule has 0 bridgehead atoms. The second kappa shape index (κ2) is 9.25. The topological polar surface area (TPSA) is 3.24 Å². The summed E-state index contributed by atoms with van der Waals surface area (Å²) in [6, 6.07) is 0. The predicted octanol–water partition coefficient (Wildman–Crippen LogP) is 0.868. The van der Waals surface area contributed by atoms with Gasteiger partial charge in [0, 0.05) is 0 Å². The Hall–Kier alpha value is 0.790. The molecule has 6 heavy (non-hydrogen) atoms. The van der Waals surface area contributed by atoms with Crippen molar-refractivity contribution in [2.24, 2.45) is 0 Å². The summed E-state index contributed by atoms with van der Waals surface area (Å²) in [4.78, 5) is 2.00. The molecular weight excluding hydrogens is 162 g/mol. The van der Waals surface area contributed by atoms with Gasteiger partial charge >= 0.3 is 0 Å². The fraction of sp³-hybridized carbons (Fsp3) is 1.00. The van der Waals surface area contributed by atoms with Gasteiger partial charge in [0.05, 0.1) is 0 Å². The van der Waals surface area contributed by atoms with E-state index in [0.717, 1.165) is 0 Å². The fourth-order valence-corrected chi connectivity index (χ4v) is 0. The van der Waals surface area contributed by atoms with Crippen molar-refractivity contribution in [2.45, 2.75) is 0 Å². The van der Waals surface area contributed by atoms with Crippen molar-refractivity contribution in [1.29, 1.82) is 0 Å². The molecule has 0 aromatic heterocycles. The second-order valence-corrected chi connectivity index (χ2v) is 1.34. The molecule has 0 radical (unpaired) electrons. The molecule has 1 nitrogen and oxygen atoms in total. The minimum Gasteiger partial charge on any atom is -0.312 e. The predicted molar refractivity (Wildman–Crippen MR) is 40.3 cm³/mol. The largest absolute Gasteiger partial charge is 0.312 e. The zero-order valence-corrected chi connectivity index (χ0v) is 7.07. The first-order valence-electron chi connectivity index (χ1n) is 1.34. The van der Waals surface area contributed by atoms with E-state index in [9.17, 15) is 0 Å². The molecule has 42 valence electrons. The Balaban J connectivity index is -0.0000000450. The third-order valence-corrected chi connectivity index (χ3v) is 0. The molecule has 0 spiro atoms. The quantitative estimate of drug-likeness (QED) is 0.526. The van der Waals surface area contributed by atoms with Crippen LogP contribution in [-0.2, 0) is 0 Å². The molecule has 0 rings (SSSR count). The van der Waals surface area contributed by atoms with Crippen LogP contribution in [0, 0.1) is 0 Å². The van der Waals surface area contributed by atoms with Crippen LogP contribution in [0.2, 0.25) is 0 Å². The van der Waals surface area contributed by atoms with Gasteiger partial charge in [0.25, 0.3) is 0 Å². The lowest BCUT2D eigenvalue weighted by Gasteiger charge is -1.90. The molecule has 0 aromatic rings. The molecule has 0 fully saturated rings. The van der Waals surface area contributed by atoms with Crippen molar-refractivity contribution in [3.63, 3.8) is 0 Å². The molecule has 0 unspecified atom stereocenters. The van der Waals surface area contributed by atoms with E-state index < -0.39 is 0 Å². The van der Waals surface area contributed by atoms with E-state index >= 15 is 0 Å². The van der Waals surface area contributed by atoms with Gasteiger partial charge in [-0.25, -0.2) is 0 Å². The maximum absolute atomic E-state index is 2.00. The number of halogens is 1. The number of nitrogens with zero attached hydrogens (tertiary/aromatic N) is 1. The van der Waals surface area contributed by atoms with E-state index in [-0.39, 0.29) is 30.5 Å². The summed E-state index contributed by atoms with van der Waals surface area (Å²) in [6.45, 7) is 0. The van der Waals surface area contributed by atoms with Gasteiger partial charge in [-0.15, -0.1) is 17.0 Å². The molecule has 0 amide bonds. The maximum atomic E-state index is 2.00. The Labute approximate surface area is 56.9 Å². The van der Waals surface area contributed by atoms with Gasteiger partial charge in [-0.3, -0.25) is 0 Å². The Bertz CT molecular complexity index is 15.5. The van der Waals surface area contributed by atoms with Gasteiger partial charge in [-0.2, -0.15) is 13.5 Å². The van der Waals surface area contributed by atoms with Crippen LogP contribution in [0.1, 0.15) is 0 Å². The highest BCUT2D eigenvalue weighted by atomic mass is 79.9. The third-order valence-electron chi connectivity index (χ3n) is 0. The Kier molecular flexibility index (Phi) is 24.4. The van der Waals surface area contributed by atoms with Crippen LogP contribution >= 0.6 is 30.5 Å². The molecule has 0 aromatic carbocycles. The zero-order valence-electron chi connectivity index (χ0n) is 4.36. The third kappa shape index (κ3) is 110. The first-order valence-corrected chi connectivity index (χ1v) is 1.34. The van der Waals surface area contributed by atoms with E-state index in [0.29, 0.717) is 0 Å². The number of hydrogen-bond acceptors (Lipinski definition) is 1. The molecule has 0 heterocycles. The molecule has 0 aliphatic carbocycles. The van der Waals surface area contributed by atoms with Crippen molar-refractivity contribution in [2.75, 3.05) is 21.1 Å². The van der Waals surface area contributed by atoms with Gasteiger partial charge in [-0.1, -0.05) is 0 Å². The molecular formula is C3H12BrNS. The summed E-state index contributed by atoms with van der Waals surface area (Å²) < 4.78 is 0. The highest BCUT2D eigenvalue weighted by molar-refractivity contribution is 8.93. The SMILES string of the molecule is Br.CN(C)C.S. The van der Waals surface area contributed by atoms with Crippen LogP contribution in [0.4, 0.5) is 0 Å². The fourth-order valence-electron chi connectivity index (χ4n) is 0. The minimum atomic E-state index is 0. The monoisotopic (exact) mass is 173 g/mol. The summed E-state index contributed by atoms with van der Waals surface area (Å²) >= 11 is 0. The molecule has 3 heteroatoms. The van der Waals surface area contributed by atoms with Crippen molar-refractivity contribution >= 4 is 30.5 Å². The first kappa shape index (κ1) is 15.8. The van der Waals surface area contributed by atoms with Gasteiger partial charge in [0.15, 0.2) is 0 Å². The van der Waals surface area contributed by atoms with E-state index in [1.807, 2.05) is 26.0 Å². The number of rotatable bonds is 0. The van der Waals surface area contributed by atoms with Crippen LogP contribution in [0.5, 0.6) is 0 Å². The highest BCUT2D eigenvalue weighted by Gasteiger charge is 1.58. The van der Waals surface area contributed by atoms with Gasteiger partial charge < -0.3 is 4.90 Å². The Morgan fingerprint density at radius 1 is 1.00 bits per heavy atom. The molecule has 0 saturated carbocycles. The lowest BCUT2D eigenvalue weighted by atomic mass is 11.0. The lowest BCUT2D eigenvalue weighted by molar-refractivity contribution is 0.505. The van der Waals surface area contributed by atoms with E-state index in [2.05, 4.69) is 0 Å². The van der Waals surface area contributed by atoms with E-state index in [4.69, 9.17) is 0 Å². The molecule has 0 saturated heterocycles. The van der Waals surface area contributed by atoms with E-state index in [1.54, 1.807) is 0 Å². The standard InChI is InChI=1S/C3H9N.BrH.H2S/c1-4(2)3;;/h1-3H3;1H;1H2. The van der Waals surface area contributed by atoms with Gasteiger partial charge in [-0.05, 0) is 21.1 Å². The van der Waals surface area contributed by atoms with Crippen molar-refractivity contribution in [3.05, 3.63) is 0 Å². The lowest BCUT2D eigenvalue weighted by Crippen LogP contribution is -1.99. The minimum absolute atomic E-state index is 0. The molecule has 0 atom stereocenters. The van der Waals surface area contributed by atoms with Crippen LogP contribution in [-0.4, -0.2) is 26.0 Å². The second-order valence-electron chi connectivity index (χ2n) is 1.34. The van der Waals surface area contributed by atoms with Crippen molar-refractivity contribution < 1.29 is 0 Å². The smallest absolute Gasteiger partial charge is 0.0140 e. The molecule has 0 aliphatic rings. The summed E-state index contributed by atoms with van der Waals surface area (Å²) in [6.07, 6.45) is 0. The highest BCUT2D eigenvalue weighted by Crippen LogP contribution is 1.47. The number of hydrogen-bond donors (Lipinski definition) is 0. The van der Waals surface area contributed by atoms with Crippen LogP contribution in [0.25, 0.3) is 0 Å². The normalized spacial score (nSPS) is 6.00. The maximum Gasteiger partial charge on any atom is -0.0140 e. The van der Waals surface area contributed by atoms with Gasteiger partial charge in [0.1, 0.15) is 0 Å².